The molecular formula is C30H48O2. The number of hydrogen-bond donors (Lipinski definition) is 1. The van der Waals surface area contributed by atoms with Crippen LogP contribution in [0.3, 0.4) is 0 Å². The highest BCUT2D eigenvalue weighted by molar-refractivity contribution is 5.77. The molecule has 2 heteroatoms. The Morgan fingerprint density at radius 3 is 2.19 bits per heavy atom. The van der Waals surface area contributed by atoms with E-state index in [4.69, 9.17) is 0 Å². The molecule has 0 aromatic carbocycles. The van der Waals surface area contributed by atoms with E-state index in [9.17, 15) is 9.90 Å². The van der Waals surface area contributed by atoms with Gasteiger partial charge in [-0.2, -0.15) is 0 Å². The predicted octanol–water partition coefficient (Wildman–Crippen LogP) is 8.12. The molecule has 0 aromatic rings. The number of fused-ring (bicyclic) bond motifs is 7. The van der Waals surface area contributed by atoms with E-state index in [0.717, 1.165) is 25.7 Å². The first-order valence-corrected chi connectivity index (χ1v) is 13.6. The molecule has 0 unspecified atom stereocenters. The number of allylic oxidation sites excluding steroid dienone is 2. The highest BCUT2D eigenvalue weighted by Crippen LogP contribution is 2.76. The second kappa shape index (κ2) is 6.66. The number of carboxylic acid groups (broad SMARTS) is 1. The molecule has 0 saturated heterocycles. The SMILES string of the molecule is CC1(C)CC[C@]2(C)CC[C@]3(C(=O)O)[C@H](CC[C@@H]4[C@@]5(C)C=CCC(C)(C)[C@@H]5CC[C@]43C)[C@@H]2C1. The summed E-state index contributed by atoms with van der Waals surface area (Å²) in [5.41, 5.74) is 0.495. The molecule has 0 aromatic heterocycles. The van der Waals surface area contributed by atoms with Gasteiger partial charge < -0.3 is 5.11 Å². The standard InChI is InChI=1S/C30H48O2/c1-25(2)15-16-27(5)17-18-30(24(31)32)20(21(27)19-25)9-10-23-28(6)13-8-12-26(3,4)22(28)11-14-29(23,30)7/h8,13,20-23H,9-12,14-19H2,1-7H3,(H,31,32)/t20-,21+,22+,23-,27-,28+,29-,30-/m1/s1. The summed E-state index contributed by atoms with van der Waals surface area (Å²) in [6, 6.07) is 0. The highest BCUT2D eigenvalue weighted by atomic mass is 16.4. The Hall–Kier alpha value is -0.790. The summed E-state index contributed by atoms with van der Waals surface area (Å²) in [5.74, 6) is 1.61. The maximum Gasteiger partial charge on any atom is 0.310 e. The minimum Gasteiger partial charge on any atom is -0.481 e. The van der Waals surface area contributed by atoms with Gasteiger partial charge in [0.15, 0.2) is 0 Å². The van der Waals surface area contributed by atoms with E-state index in [0.29, 0.717) is 39.9 Å². The molecule has 0 aliphatic heterocycles. The average molecular weight is 441 g/mol. The Morgan fingerprint density at radius 1 is 0.812 bits per heavy atom. The van der Waals surface area contributed by atoms with Gasteiger partial charge in [-0.3, -0.25) is 4.79 Å². The van der Waals surface area contributed by atoms with Crippen LogP contribution in [0.4, 0.5) is 0 Å². The van der Waals surface area contributed by atoms with Crippen molar-refractivity contribution < 1.29 is 9.90 Å². The van der Waals surface area contributed by atoms with E-state index in [-0.39, 0.29) is 10.8 Å². The van der Waals surface area contributed by atoms with Gasteiger partial charge in [0.05, 0.1) is 5.41 Å². The van der Waals surface area contributed by atoms with Crippen molar-refractivity contribution in [2.45, 2.75) is 113 Å². The maximum absolute atomic E-state index is 13.5. The van der Waals surface area contributed by atoms with Crippen molar-refractivity contribution in [3.63, 3.8) is 0 Å². The number of carbonyl (C=O) groups is 1. The van der Waals surface area contributed by atoms with Crippen molar-refractivity contribution in [3.8, 4) is 0 Å². The van der Waals surface area contributed by atoms with Crippen molar-refractivity contribution in [1.82, 2.24) is 0 Å². The summed E-state index contributed by atoms with van der Waals surface area (Å²) < 4.78 is 0. The fourth-order valence-electron chi connectivity index (χ4n) is 11.0. The van der Waals surface area contributed by atoms with Crippen LogP contribution in [0.2, 0.25) is 0 Å². The summed E-state index contributed by atoms with van der Waals surface area (Å²) in [5, 5.41) is 11.1. The Morgan fingerprint density at radius 2 is 1.50 bits per heavy atom. The summed E-state index contributed by atoms with van der Waals surface area (Å²) >= 11 is 0. The number of aliphatic carboxylic acids is 1. The first kappa shape index (κ1) is 23.0. The van der Waals surface area contributed by atoms with E-state index in [1.54, 1.807) is 0 Å². The number of carboxylic acids is 1. The van der Waals surface area contributed by atoms with Crippen LogP contribution < -0.4 is 0 Å². The molecular weight excluding hydrogens is 392 g/mol. The van der Waals surface area contributed by atoms with Crippen LogP contribution in [-0.2, 0) is 4.79 Å². The van der Waals surface area contributed by atoms with Gasteiger partial charge in [-0.25, -0.2) is 0 Å². The van der Waals surface area contributed by atoms with Gasteiger partial charge in [-0.15, -0.1) is 0 Å². The summed E-state index contributed by atoms with van der Waals surface area (Å²) in [6.45, 7) is 17.2. The van der Waals surface area contributed by atoms with Gasteiger partial charge >= 0.3 is 5.97 Å². The van der Waals surface area contributed by atoms with Crippen LogP contribution in [0.1, 0.15) is 113 Å². The molecule has 0 spiro atoms. The Bertz CT molecular complexity index is 838. The van der Waals surface area contributed by atoms with E-state index >= 15 is 0 Å². The van der Waals surface area contributed by atoms with Gasteiger partial charge in [0.2, 0.25) is 0 Å². The minimum atomic E-state index is -0.545. The zero-order valence-corrected chi connectivity index (χ0v) is 21.9. The molecule has 4 saturated carbocycles. The molecule has 0 radical (unpaired) electrons. The van der Waals surface area contributed by atoms with Crippen molar-refractivity contribution in [3.05, 3.63) is 12.2 Å². The second-order valence-electron chi connectivity index (χ2n) is 15.1. The fraction of sp³-hybridized carbons (Fsp3) is 0.900. The van der Waals surface area contributed by atoms with Crippen LogP contribution in [0, 0.1) is 56.2 Å². The molecule has 1 N–H and O–H groups in total. The first-order chi connectivity index (χ1) is 14.7. The number of hydrogen-bond acceptors (Lipinski definition) is 1. The Labute approximate surface area is 197 Å². The lowest BCUT2D eigenvalue weighted by Gasteiger charge is -2.71. The summed E-state index contributed by atoms with van der Waals surface area (Å²) in [4.78, 5) is 13.5. The van der Waals surface area contributed by atoms with E-state index < -0.39 is 11.4 Å². The minimum absolute atomic E-state index is 0.103. The van der Waals surface area contributed by atoms with Crippen LogP contribution in [0.15, 0.2) is 12.2 Å². The second-order valence-corrected chi connectivity index (χ2v) is 15.1. The molecule has 5 aliphatic rings. The third-order valence-electron chi connectivity index (χ3n) is 12.7. The van der Waals surface area contributed by atoms with E-state index in [1.807, 2.05) is 0 Å². The number of rotatable bonds is 1. The van der Waals surface area contributed by atoms with Crippen LogP contribution in [-0.4, -0.2) is 11.1 Å². The Kier molecular flexibility index (Phi) is 4.78. The van der Waals surface area contributed by atoms with Gasteiger partial charge in [-0.1, -0.05) is 60.6 Å². The van der Waals surface area contributed by atoms with Gasteiger partial charge in [-0.05, 0) is 115 Å². The predicted molar refractivity (Wildman–Crippen MR) is 131 cm³/mol. The molecule has 8 atom stereocenters. The lowest BCUT2D eigenvalue weighted by atomic mass is 9.32. The summed E-state index contributed by atoms with van der Waals surface area (Å²) in [6.07, 6.45) is 16.6. The highest BCUT2D eigenvalue weighted by Gasteiger charge is 2.72. The fourth-order valence-corrected chi connectivity index (χ4v) is 11.0. The normalized spacial score (nSPS) is 53.3. The molecule has 0 amide bonds. The van der Waals surface area contributed by atoms with Crippen molar-refractivity contribution in [2.75, 3.05) is 0 Å². The molecule has 180 valence electrons. The van der Waals surface area contributed by atoms with E-state index in [1.165, 1.54) is 38.5 Å². The lowest BCUT2D eigenvalue weighted by molar-refractivity contribution is -0.240. The van der Waals surface area contributed by atoms with E-state index in [2.05, 4.69) is 60.6 Å². The zero-order valence-electron chi connectivity index (χ0n) is 21.9. The Balaban J connectivity index is 1.61. The van der Waals surface area contributed by atoms with Gasteiger partial charge in [0.1, 0.15) is 0 Å². The molecule has 32 heavy (non-hydrogen) atoms. The maximum atomic E-state index is 13.5. The monoisotopic (exact) mass is 440 g/mol. The van der Waals surface area contributed by atoms with Gasteiger partial charge in [0.25, 0.3) is 0 Å². The first-order valence-electron chi connectivity index (χ1n) is 13.6. The zero-order chi connectivity index (χ0) is 23.4. The molecule has 2 nitrogen and oxygen atoms in total. The lowest BCUT2D eigenvalue weighted by Crippen LogP contribution is -2.68. The third-order valence-corrected chi connectivity index (χ3v) is 12.7. The average Bonchev–Trinajstić information content (AvgIpc) is 2.67. The topological polar surface area (TPSA) is 37.3 Å². The van der Waals surface area contributed by atoms with Crippen molar-refractivity contribution in [1.29, 1.82) is 0 Å². The quantitative estimate of drug-likeness (QED) is 0.418. The smallest absolute Gasteiger partial charge is 0.310 e. The molecule has 0 bridgehead atoms. The van der Waals surface area contributed by atoms with Crippen LogP contribution >= 0.6 is 0 Å². The van der Waals surface area contributed by atoms with Crippen LogP contribution in [0.5, 0.6) is 0 Å². The van der Waals surface area contributed by atoms with Crippen molar-refractivity contribution >= 4 is 5.97 Å². The summed E-state index contributed by atoms with van der Waals surface area (Å²) in [7, 11) is 0. The van der Waals surface area contributed by atoms with Crippen molar-refractivity contribution in [2.24, 2.45) is 56.2 Å². The molecule has 5 rings (SSSR count). The third kappa shape index (κ3) is 2.73. The van der Waals surface area contributed by atoms with Gasteiger partial charge in [0, 0.05) is 0 Å². The molecule has 0 heterocycles. The molecule has 4 fully saturated rings. The van der Waals surface area contributed by atoms with Crippen LogP contribution in [0.25, 0.3) is 0 Å². The largest absolute Gasteiger partial charge is 0.481 e. The molecule has 5 aliphatic carbocycles.